The molecule has 0 aliphatic heterocycles. The topological polar surface area (TPSA) is 136 Å². The molecule has 8 N–H and O–H groups in total. The number of rotatable bonds is 21. The molecule has 0 atom stereocenters. The molecule has 2 aromatic rings. The number of hydrazine groups is 2. The van der Waals surface area contributed by atoms with Crippen LogP contribution >= 0.6 is 31.9 Å². The molecule has 10 nitrogen and oxygen atoms in total. The number of hydrogen-bond acceptors (Lipinski definition) is 10. The van der Waals surface area contributed by atoms with Gasteiger partial charge in [0.1, 0.15) is 24.7 Å². The lowest BCUT2D eigenvalue weighted by atomic mass is 10.1. The summed E-state index contributed by atoms with van der Waals surface area (Å²) >= 11 is 7.21. The second-order valence-corrected chi connectivity index (χ2v) is 13.1. The molecule has 2 rings (SSSR count). The summed E-state index contributed by atoms with van der Waals surface area (Å²) in [5, 5.41) is 3.30. The molecule has 0 saturated heterocycles. The van der Waals surface area contributed by atoms with Crippen LogP contribution in [0.5, 0.6) is 11.5 Å². The number of benzene rings is 2. The van der Waals surface area contributed by atoms with Gasteiger partial charge in [-0.25, -0.2) is 11.7 Å². The predicted molar refractivity (Wildman–Crippen MR) is 189 cm³/mol. The fourth-order valence-corrected chi connectivity index (χ4v) is 5.25. The fourth-order valence-electron chi connectivity index (χ4n) is 4.17. The summed E-state index contributed by atoms with van der Waals surface area (Å²) in [5.41, 5.74) is 16.3. The van der Waals surface area contributed by atoms with Crippen LogP contribution in [-0.4, -0.2) is 87.4 Å². The Bertz CT molecular complexity index is 1100. The number of likely N-dealkylation sites (N-methyl/N-ethyl adjacent to an activating group) is 2. The van der Waals surface area contributed by atoms with Crippen molar-refractivity contribution < 1.29 is 9.47 Å². The Labute approximate surface area is 281 Å². The molecule has 0 amide bonds. The van der Waals surface area contributed by atoms with Crippen LogP contribution in [0.3, 0.4) is 0 Å². The van der Waals surface area contributed by atoms with Gasteiger partial charge < -0.3 is 40.8 Å². The van der Waals surface area contributed by atoms with Gasteiger partial charge in [-0.1, -0.05) is 12.1 Å². The Hall–Kier alpha value is -2.48. The number of unbranched alkanes of at least 4 members (excludes halogenated alkanes) is 1. The Morgan fingerprint density at radius 1 is 0.659 bits per heavy atom. The molecule has 0 aliphatic carbocycles. The van der Waals surface area contributed by atoms with Gasteiger partial charge in [0.05, 0.1) is 8.95 Å². The molecular weight excluding hydrogens is 688 g/mol. The quantitative estimate of drug-likeness (QED) is 0.0830. The minimum atomic E-state index is 0.642. The first-order valence-corrected chi connectivity index (χ1v) is 16.6. The van der Waals surface area contributed by atoms with Crippen molar-refractivity contribution in [1.29, 1.82) is 0 Å². The molecule has 246 valence electrons. The summed E-state index contributed by atoms with van der Waals surface area (Å²) in [6, 6.07) is 12.3. The minimum absolute atomic E-state index is 0.642. The van der Waals surface area contributed by atoms with Gasteiger partial charge >= 0.3 is 0 Å². The van der Waals surface area contributed by atoms with E-state index >= 15 is 0 Å². The van der Waals surface area contributed by atoms with Crippen LogP contribution in [0.25, 0.3) is 0 Å². The van der Waals surface area contributed by atoms with Gasteiger partial charge in [0.2, 0.25) is 0 Å². The third kappa shape index (κ3) is 16.0. The standard InChI is InChI=1S/C32H52Br2N8O2/c1-39(2)17-19-43-31-11-9-25(21-29(31)33)13-15-41(37)23-27(35)7-5-6-8-28(36)24-42(38)16-14-26-10-12-32(30(34)22-26)44-20-18-40(3)4/h9-12,21-24H,5-8,13-20,35-38H2,1-4H3/b27-23-,28-24-. The van der Waals surface area contributed by atoms with Crippen molar-refractivity contribution in [2.24, 2.45) is 23.2 Å². The summed E-state index contributed by atoms with van der Waals surface area (Å²) in [4.78, 5) is 4.18. The number of allylic oxidation sites excluding steroid dienone is 2. The molecular formula is C32H52Br2N8O2. The Balaban J connectivity index is 1.66. The first kappa shape index (κ1) is 37.7. The molecule has 2 aromatic carbocycles. The average Bonchev–Trinajstić information content (AvgIpc) is 2.95. The monoisotopic (exact) mass is 738 g/mol. The minimum Gasteiger partial charge on any atom is -0.491 e. The van der Waals surface area contributed by atoms with Crippen LogP contribution < -0.4 is 32.6 Å². The highest BCUT2D eigenvalue weighted by atomic mass is 79.9. The van der Waals surface area contributed by atoms with Crippen LogP contribution in [0, 0.1) is 0 Å². The maximum absolute atomic E-state index is 6.23. The number of nitrogens with two attached hydrogens (primary N) is 4. The Kier molecular flexibility index (Phi) is 17.6. The van der Waals surface area contributed by atoms with E-state index in [2.05, 4.69) is 65.9 Å². The van der Waals surface area contributed by atoms with Crippen LogP contribution in [0.15, 0.2) is 69.1 Å². The second kappa shape index (κ2) is 20.5. The third-order valence-electron chi connectivity index (χ3n) is 6.75. The van der Waals surface area contributed by atoms with Crippen molar-refractivity contribution in [3.63, 3.8) is 0 Å². The Morgan fingerprint density at radius 2 is 1.05 bits per heavy atom. The van der Waals surface area contributed by atoms with Gasteiger partial charge in [-0.2, -0.15) is 0 Å². The van der Waals surface area contributed by atoms with Gasteiger partial charge in [-0.05, 0) is 134 Å². The lowest BCUT2D eigenvalue weighted by molar-refractivity contribution is 0.260. The molecule has 44 heavy (non-hydrogen) atoms. The van der Waals surface area contributed by atoms with Gasteiger partial charge in [-0.15, -0.1) is 0 Å². The van der Waals surface area contributed by atoms with E-state index in [1.165, 1.54) is 11.1 Å². The lowest BCUT2D eigenvalue weighted by Gasteiger charge is -2.17. The van der Waals surface area contributed by atoms with E-state index in [-0.39, 0.29) is 0 Å². The van der Waals surface area contributed by atoms with Gasteiger partial charge in [0.25, 0.3) is 0 Å². The van der Waals surface area contributed by atoms with Crippen molar-refractivity contribution in [3.8, 4) is 11.5 Å². The molecule has 12 heteroatoms. The van der Waals surface area contributed by atoms with E-state index in [0.29, 0.717) is 26.3 Å². The van der Waals surface area contributed by atoms with Crippen molar-refractivity contribution in [2.45, 2.75) is 38.5 Å². The van der Waals surface area contributed by atoms with E-state index in [4.69, 9.17) is 32.6 Å². The van der Waals surface area contributed by atoms with Crippen LogP contribution in [0.2, 0.25) is 0 Å². The largest absolute Gasteiger partial charge is 0.491 e. The smallest absolute Gasteiger partial charge is 0.133 e. The van der Waals surface area contributed by atoms with Crippen LogP contribution in [0.1, 0.15) is 36.8 Å². The highest BCUT2D eigenvalue weighted by Crippen LogP contribution is 2.27. The van der Waals surface area contributed by atoms with E-state index in [1.807, 2.05) is 52.7 Å². The molecule has 0 radical (unpaired) electrons. The van der Waals surface area contributed by atoms with Gasteiger partial charge in [0.15, 0.2) is 0 Å². The zero-order valence-electron chi connectivity index (χ0n) is 26.8. The summed E-state index contributed by atoms with van der Waals surface area (Å²) in [7, 11) is 8.11. The first-order chi connectivity index (χ1) is 20.9. The number of ether oxygens (including phenoxy) is 2. The highest BCUT2D eigenvalue weighted by molar-refractivity contribution is 9.10. The zero-order chi connectivity index (χ0) is 32.5. The lowest BCUT2D eigenvalue weighted by Crippen LogP contribution is -2.29. The predicted octanol–water partition coefficient (Wildman–Crippen LogP) is 4.39. The molecule has 0 heterocycles. The normalized spacial score (nSPS) is 12.2. The van der Waals surface area contributed by atoms with Crippen LogP contribution in [0.4, 0.5) is 0 Å². The first-order valence-electron chi connectivity index (χ1n) is 15.0. The van der Waals surface area contributed by atoms with Gasteiger partial charge in [-0.3, -0.25) is 0 Å². The fraction of sp³-hybridized carbons (Fsp3) is 0.500. The molecule has 0 aromatic heterocycles. The zero-order valence-corrected chi connectivity index (χ0v) is 29.9. The van der Waals surface area contributed by atoms with Crippen molar-refractivity contribution in [2.75, 3.05) is 67.6 Å². The number of nitrogens with zero attached hydrogens (tertiary/aromatic N) is 4. The summed E-state index contributed by atoms with van der Waals surface area (Å²) in [6.45, 7) is 4.32. The molecule has 0 bridgehead atoms. The van der Waals surface area contributed by atoms with Gasteiger partial charge in [0, 0.05) is 50.0 Å². The SMILES string of the molecule is CN(C)CCOc1ccc(CCN(N)/C=C(\N)CCCC/C(N)=C/N(N)CCc2ccc(OCCN(C)C)c(Br)c2)cc1Br. The van der Waals surface area contributed by atoms with Crippen molar-refractivity contribution >= 4 is 31.9 Å². The Morgan fingerprint density at radius 3 is 1.39 bits per heavy atom. The highest BCUT2D eigenvalue weighted by Gasteiger charge is 2.07. The molecule has 0 saturated carbocycles. The molecule has 0 aliphatic rings. The van der Waals surface area contributed by atoms with Crippen molar-refractivity contribution in [1.82, 2.24) is 19.8 Å². The average molecular weight is 741 g/mol. The van der Waals surface area contributed by atoms with E-state index < -0.39 is 0 Å². The molecule has 0 spiro atoms. The maximum Gasteiger partial charge on any atom is 0.133 e. The van der Waals surface area contributed by atoms with E-state index in [1.54, 1.807) is 10.0 Å². The molecule has 0 fully saturated rings. The van der Waals surface area contributed by atoms with E-state index in [9.17, 15) is 0 Å². The van der Waals surface area contributed by atoms with Crippen molar-refractivity contribution in [3.05, 3.63) is 80.3 Å². The maximum atomic E-state index is 6.23. The molecule has 0 unspecified atom stereocenters. The summed E-state index contributed by atoms with van der Waals surface area (Å²) in [6.07, 6.45) is 8.54. The number of hydrogen-bond donors (Lipinski definition) is 4. The second-order valence-electron chi connectivity index (χ2n) is 11.4. The summed E-state index contributed by atoms with van der Waals surface area (Å²) < 4.78 is 13.6. The van der Waals surface area contributed by atoms with E-state index in [0.717, 1.165) is 83.5 Å². The third-order valence-corrected chi connectivity index (χ3v) is 7.99. The van der Waals surface area contributed by atoms with Crippen LogP contribution in [-0.2, 0) is 12.8 Å². The number of halogens is 2. The summed E-state index contributed by atoms with van der Waals surface area (Å²) in [5.74, 6) is 14.1.